The van der Waals surface area contributed by atoms with E-state index in [1.807, 2.05) is 46.1 Å². The zero-order valence-electron chi connectivity index (χ0n) is 13.1. The van der Waals surface area contributed by atoms with Gasteiger partial charge in [-0.25, -0.2) is 4.68 Å². The summed E-state index contributed by atoms with van der Waals surface area (Å²) < 4.78 is 1.82. The Hall–Kier alpha value is -2.14. The molecule has 0 N–H and O–H groups in total. The van der Waals surface area contributed by atoms with Crippen LogP contribution in [0.3, 0.4) is 0 Å². The highest BCUT2D eigenvalue weighted by atomic mass is 16.2. The standard InChI is InChI=1S/C17H22N4O/c1-14-12-19(2)8-9-20(14)17(22)10-15-11-18-21(13-15)16-6-4-3-5-7-16/h3-7,11,13-14H,8-10,12H2,1-2H3. The third-order valence-electron chi connectivity index (χ3n) is 4.16. The van der Waals surface area contributed by atoms with Crippen molar-refractivity contribution in [3.05, 3.63) is 48.3 Å². The fraction of sp³-hybridized carbons (Fsp3) is 0.412. The van der Waals surface area contributed by atoms with E-state index in [2.05, 4.69) is 24.0 Å². The molecule has 1 saturated heterocycles. The van der Waals surface area contributed by atoms with Gasteiger partial charge in [0.05, 0.1) is 18.3 Å². The van der Waals surface area contributed by atoms with Crippen LogP contribution in [0.2, 0.25) is 0 Å². The maximum Gasteiger partial charge on any atom is 0.227 e. The molecule has 1 aromatic heterocycles. The first kappa shape index (κ1) is 14.8. The average Bonchev–Trinajstić information content (AvgIpc) is 2.96. The lowest BCUT2D eigenvalue weighted by molar-refractivity contribution is -0.134. The van der Waals surface area contributed by atoms with Gasteiger partial charge < -0.3 is 9.80 Å². The van der Waals surface area contributed by atoms with Gasteiger partial charge in [0.25, 0.3) is 0 Å². The van der Waals surface area contributed by atoms with Crippen LogP contribution in [0.5, 0.6) is 0 Å². The van der Waals surface area contributed by atoms with Gasteiger partial charge in [0, 0.05) is 31.9 Å². The van der Waals surface area contributed by atoms with Crippen LogP contribution < -0.4 is 0 Å². The molecule has 1 fully saturated rings. The minimum absolute atomic E-state index is 0.188. The Labute approximate surface area is 131 Å². The van der Waals surface area contributed by atoms with E-state index in [-0.39, 0.29) is 11.9 Å². The molecule has 1 atom stereocenters. The molecule has 0 radical (unpaired) electrons. The number of hydrogen-bond acceptors (Lipinski definition) is 3. The molecule has 0 bridgehead atoms. The summed E-state index contributed by atoms with van der Waals surface area (Å²) in [5, 5.41) is 4.35. The van der Waals surface area contributed by atoms with Crippen molar-refractivity contribution in [1.82, 2.24) is 19.6 Å². The molecular formula is C17H22N4O. The summed E-state index contributed by atoms with van der Waals surface area (Å²) >= 11 is 0. The fourth-order valence-electron chi connectivity index (χ4n) is 2.96. The van der Waals surface area contributed by atoms with E-state index >= 15 is 0 Å². The largest absolute Gasteiger partial charge is 0.337 e. The third-order valence-corrected chi connectivity index (χ3v) is 4.16. The highest BCUT2D eigenvalue weighted by Gasteiger charge is 2.25. The van der Waals surface area contributed by atoms with Crippen molar-refractivity contribution in [3.8, 4) is 5.69 Å². The molecule has 0 saturated carbocycles. The second kappa shape index (κ2) is 6.32. The molecule has 0 spiro atoms. The number of likely N-dealkylation sites (N-methyl/N-ethyl adjacent to an activating group) is 1. The third kappa shape index (κ3) is 3.20. The number of para-hydroxylation sites is 1. The van der Waals surface area contributed by atoms with Gasteiger partial charge in [-0.05, 0) is 31.7 Å². The van der Waals surface area contributed by atoms with Crippen molar-refractivity contribution in [3.63, 3.8) is 0 Å². The monoisotopic (exact) mass is 298 g/mol. The summed E-state index contributed by atoms with van der Waals surface area (Å²) in [6.45, 7) is 4.80. The van der Waals surface area contributed by atoms with Crippen LogP contribution in [0.4, 0.5) is 0 Å². The first-order valence-corrected chi connectivity index (χ1v) is 7.70. The summed E-state index contributed by atoms with van der Waals surface area (Å²) in [6, 6.07) is 10.2. The van der Waals surface area contributed by atoms with Crippen molar-refractivity contribution in [2.45, 2.75) is 19.4 Å². The Morgan fingerprint density at radius 2 is 2.05 bits per heavy atom. The molecule has 5 nitrogen and oxygen atoms in total. The number of rotatable bonds is 3. The molecule has 1 aliphatic rings. The van der Waals surface area contributed by atoms with Crippen molar-refractivity contribution >= 4 is 5.91 Å². The number of piperazine rings is 1. The van der Waals surface area contributed by atoms with Crippen LogP contribution in [0.1, 0.15) is 12.5 Å². The van der Waals surface area contributed by atoms with Gasteiger partial charge in [-0.1, -0.05) is 18.2 Å². The van der Waals surface area contributed by atoms with Crippen molar-refractivity contribution in [2.75, 3.05) is 26.7 Å². The molecule has 5 heteroatoms. The van der Waals surface area contributed by atoms with Crippen LogP contribution in [-0.4, -0.2) is 58.2 Å². The topological polar surface area (TPSA) is 41.4 Å². The molecule has 1 aromatic carbocycles. The number of amides is 1. The Kier molecular flexibility index (Phi) is 4.24. The fourth-order valence-corrected chi connectivity index (χ4v) is 2.96. The molecular weight excluding hydrogens is 276 g/mol. The number of hydrogen-bond donors (Lipinski definition) is 0. The molecule has 1 aliphatic heterocycles. The van der Waals surface area contributed by atoms with E-state index in [0.29, 0.717) is 6.42 Å². The van der Waals surface area contributed by atoms with E-state index in [1.54, 1.807) is 6.20 Å². The van der Waals surface area contributed by atoms with E-state index in [1.165, 1.54) is 0 Å². The summed E-state index contributed by atoms with van der Waals surface area (Å²) in [5.41, 5.74) is 1.97. The van der Waals surface area contributed by atoms with Crippen LogP contribution in [0.15, 0.2) is 42.7 Å². The highest BCUT2D eigenvalue weighted by molar-refractivity contribution is 5.79. The smallest absolute Gasteiger partial charge is 0.227 e. The van der Waals surface area contributed by atoms with Gasteiger partial charge in [0.2, 0.25) is 5.91 Å². The highest BCUT2D eigenvalue weighted by Crippen LogP contribution is 2.12. The normalized spacial score (nSPS) is 19.4. The van der Waals surface area contributed by atoms with E-state index < -0.39 is 0 Å². The molecule has 3 rings (SSSR count). The zero-order valence-corrected chi connectivity index (χ0v) is 13.1. The van der Waals surface area contributed by atoms with Crippen LogP contribution in [-0.2, 0) is 11.2 Å². The van der Waals surface area contributed by atoms with Crippen LogP contribution in [0.25, 0.3) is 5.69 Å². The van der Waals surface area contributed by atoms with Gasteiger partial charge in [-0.15, -0.1) is 0 Å². The molecule has 116 valence electrons. The van der Waals surface area contributed by atoms with E-state index in [9.17, 15) is 4.79 Å². The maximum atomic E-state index is 12.5. The second-order valence-corrected chi connectivity index (χ2v) is 6.00. The molecule has 1 amide bonds. The minimum atomic E-state index is 0.188. The molecule has 1 unspecified atom stereocenters. The summed E-state index contributed by atoms with van der Waals surface area (Å²) in [6.07, 6.45) is 4.14. The number of aromatic nitrogens is 2. The van der Waals surface area contributed by atoms with Gasteiger partial charge in [-0.3, -0.25) is 4.79 Å². The Balaban J connectivity index is 1.66. The van der Waals surface area contributed by atoms with Gasteiger partial charge in [0.15, 0.2) is 0 Å². The Morgan fingerprint density at radius 1 is 1.27 bits per heavy atom. The SMILES string of the molecule is CC1CN(C)CCN1C(=O)Cc1cnn(-c2ccccc2)c1. The van der Waals surface area contributed by atoms with E-state index in [4.69, 9.17) is 0 Å². The lowest BCUT2D eigenvalue weighted by atomic mass is 10.1. The van der Waals surface area contributed by atoms with Gasteiger partial charge in [0.1, 0.15) is 0 Å². The van der Waals surface area contributed by atoms with Crippen molar-refractivity contribution in [1.29, 1.82) is 0 Å². The first-order valence-electron chi connectivity index (χ1n) is 7.70. The summed E-state index contributed by atoms with van der Waals surface area (Å²) in [4.78, 5) is 16.8. The number of nitrogens with zero attached hydrogens (tertiary/aromatic N) is 4. The molecule has 22 heavy (non-hydrogen) atoms. The first-order chi connectivity index (χ1) is 10.6. The van der Waals surface area contributed by atoms with Crippen LogP contribution in [0, 0.1) is 0 Å². The second-order valence-electron chi connectivity index (χ2n) is 6.00. The quantitative estimate of drug-likeness (QED) is 0.864. The molecule has 0 aliphatic carbocycles. The Bertz CT molecular complexity index is 637. The van der Waals surface area contributed by atoms with Crippen molar-refractivity contribution in [2.24, 2.45) is 0 Å². The Morgan fingerprint density at radius 3 is 2.77 bits per heavy atom. The number of carbonyl (C=O) groups is 1. The number of benzene rings is 1. The lowest BCUT2D eigenvalue weighted by Crippen LogP contribution is -2.53. The minimum Gasteiger partial charge on any atom is -0.337 e. The van der Waals surface area contributed by atoms with Gasteiger partial charge in [-0.2, -0.15) is 5.10 Å². The van der Waals surface area contributed by atoms with E-state index in [0.717, 1.165) is 30.9 Å². The summed E-state index contributed by atoms with van der Waals surface area (Å²) in [5.74, 6) is 0.188. The number of carbonyl (C=O) groups excluding carboxylic acids is 1. The predicted octanol–water partition coefficient (Wildman–Crippen LogP) is 1.58. The van der Waals surface area contributed by atoms with Gasteiger partial charge >= 0.3 is 0 Å². The molecule has 2 heterocycles. The zero-order chi connectivity index (χ0) is 15.5. The van der Waals surface area contributed by atoms with Crippen LogP contribution >= 0.6 is 0 Å². The van der Waals surface area contributed by atoms with Crippen molar-refractivity contribution < 1.29 is 4.79 Å². The maximum absolute atomic E-state index is 12.5. The summed E-state index contributed by atoms with van der Waals surface area (Å²) in [7, 11) is 2.10. The lowest BCUT2D eigenvalue weighted by Gasteiger charge is -2.38. The molecule has 2 aromatic rings. The predicted molar refractivity (Wildman–Crippen MR) is 85.9 cm³/mol. The average molecular weight is 298 g/mol.